The fourth-order valence-electron chi connectivity index (χ4n) is 3.83. The molecule has 30 heavy (non-hydrogen) atoms. The van der Waals surface area contributed by atoms with Gasteiger partial charge in [-0.3, -0.25) is 4.79 Å². The van der Waals surface area contributed by atoms with Crippen LogP contribution in [-0.2, 0) is 27.5 Å². The summed E-state index contributed by atoms with van der Waals surface area (Å²) >= 11 is -2.69. The molecule has 3 atom stereocenters. The Labute approximate surface area is 175 Å². The molecule has 0 saturated heterocycles. The Bertz CT molecular complexity index is 901. The van der Waals surface area contributed by atoms with Crippen molar-refractivity contribution >= 4 is 17.0 Å². The summed E-state index contributed by atoms with van der Waals surface area (Å²) in [7, 11) is 1.44. The lowest BCUT2D eigenvalue weighted by Crippen LogP contribution is -2.51. The minimum absolute atomic E-state index is 0.0936. The van der Waals surface area contributed by atoms with Gasteiger partial charge in [-0.25, -0.2) is 4.21 Å². The highest BCUT2D eigenvalue weighted by Gasteiger charge is 2.49. The molecule has 0 aromatic heterocycles. The number of methoxy groups -OCH3 is 1. The van der Waals surface area contributed by atoms with E-state index in [2.05, 4.69) is 0 Å². The lowest BCUT2D eigenvalue weighted by atomic mass is 9.66. The van der Waals surface area contributed by atoms with Crippen LogP contribution in [0.15, 0.2) is 48.5 Å². The summed E-state index contributed by atoms with van der Waals surface area (Å²) in [4.78, 5) is 12.4. The molecular weight excluding hydrogens is 419 g/mol. The van der Waals surface area contributed by atoms with Crippen molar-refractivity contribution in [2.24, 2.45) is 11.7 Å². The van der Waals surface area contributed by atoms with Gasteiger partial charge in [0.05, 0.1) is 12.7 Å². The zero-order valence-electron chi connectivity index (χ0n) is 16.8. The number of carbonyl (C=O) groups excluding carboxylic acids is 1. The number of benzene rings is 2. The van der Waals surface area contributed by atoms with Gasteiger partial charge in [0, 0.05) is 5.41 Å². The van der Waals surface area contributed by atoms with Gasteiger partial charge in [-0.05, 0) is 47.7 Å². The minimum Gasteiger partial charge on any atom is -0.497 e. The number of amides is 1. The largest absolute Gasteiger partial charge is 0.497 e. The van der Waals surface area contributed by atoms with E-state index in [-0.39, 0.29) is 17.9 Å². The molecule has 3 N–H and O–H groups in total. The van der Waals surface area contributed by atoms with Gasteiger partial charge in [0.2, 0.25) is 5.91 Å². The van der Waals surface area contributed by atoms with Gasteiger partial charge in [-0.1, -0.05) is 38.1 Å². The highest BCUT2D eigenvalue weighted by atomic mass is 32.2. The number of halogens is 3. The molecule has 0 aliphatic heterocycles. The smallest absolute Gasteiger partial charge is 0.416 e. The fraction of sp³-hybridized carbons (Fsp3) is 0.381. The molecule has 0 fully saturated rings. The molecule has 1 amide bonds. The van der Waals surface area contributed by atoms with E-state index in [0.717, 1.165) is 12.1 Å². The van der Waals surface area contributed by atoms with Crippen molar-refractivity contribution in [1.29, 1.82) is 0 Å². The number of primary amides is 1. The van der Waals surface area contributed by atoms with Crippen LogP contribution < -0.4 is 10.5 Å². The van der Waals surface area contributed by atoms with E-state index in [1.807, 2.05) is 13.8 Å². The number of alkyl halides is 3. The molecule has 164 valence electrons. The predicted octanol–water partition coefficient (Wildman–Crippen LogP) is 4.12. The molecule has 0 radical (unpaired) electrons. The van der Waals surface area contributed by atoms with Crippen molar-refractivity contribution in [1.82, 2.24) is 0 Å². The van der Waals surface area contributed by atoms with E-state index in [1.54, 1.807) is 24.3 Å². The van der Waals surface area contributed by atoms with E-state index in [4.69, 9.17) is 10.5 Å². The summed E-state index contributed by atoms with van der Waals surface area (Å²) < 4.78 is 66.8. The highest BCUT2D eigenvalue weighted by molar-refractivity contribution is 7.80. The van der Waals surface area contributed by atoms with Gasteiger partial charge in [0.25, 0.3) is 0 Å². The first kappa shape index (κ1) is 23.9. The number of nitrogens with two attached hydrogens (primary N) is 1. The van der Waals surface area contributed by atoms with Crippen molar-refractivity contribution < 1.29 is 31.5 Å². The topological polar surface area (TPSA) is 89.6 Å². The molecule has 0 aliphatic carbocycles. The second-order valence-corrected chi connectivity index (χ2v) is 8.46. The van der Waals surface area contributed by atoms with Crippen LogP contribution in [0.1, 0.15) is 37.0 Å². The van der Waals surface area contributed by atoms with E-state index in [0.29, 0.717) is 11.3 Å². The summed E-state index contributed by atoms with van der Waals surface area (Å²) in [6.07, 6.45) is -4.36. The average molecular weight is 443 g/mol. The van der Waals surface area contributed by atoms with Crippen molar-refractivity contribution in [2.75, 3.05) is 7.11 Å². The normalized spacial score (nSPS) is 16.0. The van der Waals surface area contributed by atoms with Gasteiger partial charge in [-0.15, -0.1) is 0 Å². The third-order valence-corrected chi connectivity index (χ3v) is 5.99. The number of ether oxygens (including phenoxy) is 1. The maximum absolute atomic E-state index is 13.1. The first-order valence-corrected chi connectivity index (χ1v) is 10.3. The third kappa shape index (κ3) is 4.84. The van der Waals surface area contributed by atoms with Crippen LogP contribution in [0.25, 0.3) is 0 Å². The molecule has 2 aromatic rings. The van der Waals surface area contributed by atoms with Crippen LogP contribution in [0.4, 0.5) is 13.2 Å². The lowest BCUT2D eigenvalue weighted by Gasteiger charge is -2.40. The zero-order valence-corrected chi connectivity index (χ0v) is 17.6. The number of hydrogen-bond acceptors (Lipinski definition) is 3. The summed E-state index contributed by atoms with van der Waals surface area (Å²) in [6, 6.07) is 10.8. The summed E-state index contributed by atoms with van der Waals surface area (Å²) in [5, 5.41) is -1.59. The number of rotatable bonds is 8. The summed E-state index contributed by atoms with van der Waals surface area (Å²) in [5.41, 5.74) is 3.96. The van der Waals surface area contributed by atoms with Crippen molar-refractivity contribution in [3.63, 3.8) is 0 Å². The molecule has 2 aromatic carbocycles. The maximum atomic E-state index is 13.1. The van der Waals surface area contributed by atoms with E-state index < -0.39 is 39.4 Å². The van der Waals surface area contributed by atoms with E-state index in [1.165, 1.54) is 19.2 Å². The van der Waals surface area contributed by atoms with Crippen molar-refractivity contribution in [3.8, 4) is 5.75 Å². The maximum Gasteiger partial charge on any atom is 0.416 e. The molecule has 0 spiro atoms. The highest BCUT2D eigenvalue weighted by Crippen LogP contribution is 2.45. The molecular formula is C21H24F3NO4S. The van der Waals surface area contributed by atoms with E-state index in [9.17, 15) is 26.7 Å². The average Bonchev–Trinajstić information content (AvgIpc) is 2.65. The minimum atomic E-state index is -4.54. The summed E-state index contributed by atoms with van der Waals surface area (Å²) in [5.74, 6) is -0.692. The first-order chi connectivity index (χ1) is 13.9. The molecule has 5 nitrogen and oxygen atoms in total. The molecule has 2 rings (SSSR count). The van der Waals surface area contributed by atoms with Gasteiger partial charge in [0.1, 0.15) is 5.75 Å². The molecule has 0 bridgehead atoms. The molecule has 0 heterocycles. The van der Waals surface area contributed by atoms with Crippen LogP contribution >= 0.6 is 0 Å². The molecule has 9 heteroatoms. The van der Waals surface area contributed by atoms with E-state index >= 15 is 0 Å². The second-order valence-electron chi connectivity index (χ2n) is 7.43. The Morgan fingerprint density at radius 3 is 2.10 bits per heavy atom. The van der Waals surface area contributed by atoms with Crippen molar-refractivity contribution in [3.05, 3.63) is 65.2 Å². The fourth-order valence-corrected chi connectivity index (χ4v) is 4.74. The first-order valence-electron chi connectivity index (χ1n) is 9.14. The quantitative estimate of drug-likeness (QED) is 0.601. The van der Waals surface area contributed by atoms with Gasteiger partial charge < -0.3 is 15.0 Å². The van der Waals surface area contributed by atoms with Crippen LogP contribution in [0.5, 0.6) is 5.75 Å². The number of hydrogen-bond donors (Lipinski definition) is 2. The van der Waals surface area contributed by atoms with Crippen molar-refractivity contribution in [2.45, 2.75) is 37.1 Å². The SMILES string of the molecule is COc1cccc(C(CC(C)C)(c2ccc(C(F)(F)F)cc2)C(C(N)=O)S(=O)O)c1. The van der Waals surface area contributed by atoms with Gasteiger partial charge >= 0.3 is 6.18 Å². The zero-order chi connectivity index (χ0) is 22.7. The molecule has 0 saturated carbocycles. The third-order valence-electron chi connectivity index (χ3n) is 4.95. The second kappa shape index (κ2) is 9.18. The van der Waals surface area contributed by atoms with Crippen LogP contribution in [0.3, 0.4) is 0 Å². The van der Waals surface area contributed by atoms with Crippen LogP contribution in [0.2, 0.25) is 0 Å². The Balaban J connectivity index is 2.89. The van der Waals surface area contributed by atoms with Gasteiger partial charge in [-0.2, -0.15) is 13.2 Å². The Morgan fingerprint density at radius 2 is 1.67 bits per heavy atom. The Hall–Kier alpha value is -2.39. The van der Waals surface area contributed by atoms with Gasteiger partial charge in [0.15, 0.2) is 16.3 Å². The van der Waals surface area contributed by atoms with Crippen LogP contribution in [-0.4, -0.2) is 27.0 Å². The Morgan fingerprint density at radius 1 is 1.10 bits per heavy atom. The predicted molar refractivity (Wildman–Crippen MR) is 108 cm³/mol. The summed E-state index contributed by atoms with van der Waals surface area (Å²) in [6.45, 7) is 3.69. The lowest BCUT2D eigenvalue weighted by molar-refractivity contribution is -0.137. The molecule has 3 unspecified atom stereocenters. The number of carbonyl (C=O) groups is 1. The standard InChI is InChI=1S/C21H24F3NO4S/c1-13(2)12-20(18(19(25)26)30(27)28,16-5-4-6-17(11-16)29-3)14-7-9-15(10-8-14)21(22,23)24/h4-11,13,18H,12H2,1-3H3,(H2,25,26)(H,27,28). The van der Waals surface area contributed by atoms with Crippen LogP contribution in [0, 0.1) is 5.92 Å². The molecule has 0 aliphatic rings. The monoisotopic (exact) mass is 443 g/mol. The Kier molecular flexibility index (Phi) is 7.31.